The van der Waals surface area contributed by atoms with E-state index in [9.17, 15) is 5.11 Å². The van der Waals surface area contributed by atoms with Crippen LogP contribution in [0.2, 0.25) is 0 Å². The maximum Gasteiger partial charge on any atom is 0.214 e. The van der Waals surface area contributed by atoms with Gasteiger partial charge in [-0.25, -0.2) is 4.98 Å². The molecule has 0 aliphatic rings. The Morgan fingerprint density at radius 1 is 1.54 bits per heavy atom. The van der Waals surface area contributed by atoms with Gasteiger partial charge in [0.25, 0.3) is 0 Å². The molecule has 0 aliphatic carbocycles. The molecule has 0 fully saturated rings. The lowest BCUT2D eigenvalue weighted by atomic mass is 10.4. The van der Waals surface area contributed by atoms with Crippen molar-refractivity contribution in [3.63, 3.8) is 0 Å². The third kappa shape index (κ3) is 3.20. The minimum absolute atomic E-state index is 0.00565. The predicted molar refractivity (Wildman–Crippen MR) is 51.6 cm³/mol. The molecule has 0 unspecified atom stereocenters. The number of aromatic nitrogens is 2. The molecule has 0 aliphatic heterocycles. The summed E-state index contributed by atoms with van der Waals surface area (Å²) in [4.78, 5) is 8.01. The lowest BCUT2D eigenvalue weighted by Gasteiger charge is -2.02. The topological polar surface area (TPSA) is 55.2 Å². The molecular weight excluding hydrogens is 188 g/mol. The number of ether oxygens (including phenoxy) is 1. The molecule has 0 amide bonds. The summed E-state index contributed by atoms with van der Waals surface area (Å²) in [5.41, 5.74) is 0.826. The first-order chi connectivity index (χ1) is 6.26. The van der Waals surface area contributed by atoms with Crippen molar-refractivity contribution in [1.29, 1.82) is 0 Å². The van der Waals surface area contributed by atoms with E-state index in [1.807, 2.05) is 6.26 Å². The number of hydrogen-bond donors (Lipinski definition) is 1. The van der Waals surface area contributed by atoms with Gasteiger partial charge in [0, 0.05) is 18.9 Å². The molecule has 1 N–H and O–H groups in total. The van der Waals surface area contributed by atoms with Crippen LogP contribution in [0.5, 0.6) is 5.88 Å². The molecule has 0 saturated carbocycles. The molecule has 0 spiro atoms. The summed E-state index contributed by atoms with van der Waals surface area (Å²) < 4.78 is 4.87. The highest BCUT2D eigenvalue weighted by Crippen LogP contribution is 2.12. The van der Waals surface area contributed by atoms with Crippen LogP contribution >= 0.6 is 11.8 Å². The van der Waals surface area contributed by atoms with Crippen LogP contribution < -0.4 is 0 Å². The van der Waals surface area contributed by atoms with Crippen molar-refractivity contribution in [1.82, 2.24) is 9.97 Å². The third-order valence-corrected chi connectivity index (χ3v) is 1.96. The lowest BCUT2D eigenvalue weighted by molar-refractivity contribution is 0.176. The molecule has 13 heavy (non-hydrogen) atoms. The van der Waals surface area contributed by atoms with Crippen LogP contribution in [0.25, 0.3) is 0 Å². The van der Waals surface area contributed by atoms with Crippen LogP contribution in [0.3, 0.4) is 0 Å². The number of hydrogen-bond acceptors (Lipinski definition) is 5. The number of rotatable bonds is 4. The zero-order valence-electron chi connectivity index (χ0n) is 7.65. The number of thioether (sulfide) groups is 1. The van der Waals surface area contributed by atoms with E-state index in [2.05, 4.69) is 9.97 Å². The molecule has 1 heterocycles. The third-order valence-electron chi connectivity index (χ3n) is 1.38. The SMILES string of the molecule is COCc1nc(O)cc(CSC)n1. The van der Waals surface area contributed by atoms with Crippen LogP contribution in [0, 0.1) is 0 Å². The molecular formula is C8H12N2O2S. The highest BCUT2D eigenvalue weighted by atomic mass is 32.2. The van der Waals surface area contributed by atoms with Crippen molar-refractivity contribution < 1.29 is 9.84 Å². The van der Waals surface area contributed by atoms with Gasteiger partial charge in [0.15, 0.2) is 5.82 Å². The molecule has 1 rings (SSSR count). The quantitative estimate of drug-likeness (QED) is 0.791. The molecule has 0 bridgehead atoms. The zero-order chi connectivity index (χ0) is 9.68. The molecule has 4 nitrogen and oxygen atoms in total. The lowest BCUT2D eigenvalue weighted by Crippen LogP contribution is -1.99. The zero-order valence-corrected chi connectivity index (χ0v) is 8.47. The van der Waals surface area contributed by atoms with E-state index in [1.54, 1.807) is 24.9 Å². The average molecular weight is 200 g/mol. The van der Waals surface area contributed by atoms with Crippen molar-refractivity contribution in [2.24, 2.45) is 0 Å². The Morgan fingerprint density at radius 3 is 2.92 bits per heavy atom. The van der Waals surface area contributed by atoms with Crippen molar-refractivity contribution in [3.05, 3.63) is 17.6 Å². The van der Waals surface area contributed by atoms with Gasteiger partial charge in [0.1, 0.15) is 6.61 Å². The molecule has 1 aromatic rings. The molecule has 0 saturated heterocycles. The summed E-state index contributed by atoms with van der Waals surface area (Å²) >= 11 is 1.65. The minimum Gasteiger partial charge on any atom is -0.493 e. The number of nitrogens with zero attached hydrogens (tertiary/aromatic N) is 2. The van der Waals surface area contributed by atoms with E-state index in [4.69, 9.17) is 4.74 Å². The first-order valence-corrected chi connectivity index (χ1v) is 5.19. The summed E-state index contributed by atoms with van der Waals surface area (Å²) in [5.74, 6) is 1.30. The Morgan fingerprint density at radius 2 is 2.31 bits per heavy atom. The van der Waals surface area contributed by atoms with Crippen molar-refractivity contribution in [2.45, 2.75) is 12.4 Å². The Balaban J connectivity index is 2.83. The molecule has 0 atom stereocenters. The van der Waals surface area contributed by atoms with Gasteiger partial charge in [0.05, 0.1) is 5.69 Å². The van der Waals surface area contributed by atoms with Crippen LogP contribution in [0.4, 0.5) is 0 Å². The summed E-state index contributed by atoms with van der Waals surface area (Å²) in [6.45, 7) is 0.329. The molecule has 1 aromatic heterocycles. The first-order valence-electron chi connectivity index (χ1n) is 3.80. The van der Waals surface area contributed by atoms with Crippen LogP contribution in [-0.4, -0.2) is 28.4 Å². The van der Waals surface area contributed by atoms with E-state index in [-0.39, 0.29) is 5.88 Å². The maximum absolute atomic E-state index is 9.23. The highest BCUT2D eigenvalue weighted by molar-refractivity contribution is 7.97. The Labute approximate surface area is 81.4 Å². The van der Waals surface area contributed by atoms with Gasteiger partial charge >= 0.3 is 0 Å². The second kappa shape index (κ2) is 5.04. The summed E-state index contributed by atoms with van der Waals surface area (Å²) in [6.07, 6.45) is 1.98. The standard InChI is InChI=1S/C8H12N2O2S/c1-12-4-7-9-6(5-13-2)3-8(11)10-7/h3H,4-5H2,1-2H3,(H,9,10,11). The smallest absolute Gasteiger partial charge is 0.214 e. The molecule has 0 aromatic carbocycles. The molecule has 72 valence electrons. The van der Waals surface area contributed by atoms with Crippen LogP contribution in [0.15, 0.2) is 6.07 Å². The predicted octanol–water partition coefficient (Wildman–Crippen LogP) is 1.19. The largest absolute Gasteiger partial charge is 0.493 e. The van der Waals surface area contributed by atoms with Gasteiger partial charge in [-0.2, -0.15) is 16.7 Å². The minimum atomic E-state index is 0.00565. The molecule has 0 radical (unpaired) electrons. The van der Waals surface area contributed by atoms with Crippen LogP contribution in [0.1, 0.15) is 11.5 Å². The van der Waals surface area contributed by atoms with Crippen LogP contribution in [-0.2, 0) is 17.1 Å². The fourth-order valence-electron chi connectivity index (χ4n) is 0.952. The number of methoxy groups -OCH3 is 1. The normalized spacial score (nSPS) is 10.3. The summed E-state index contributed by atoms with van der Waals surface area (Å²) in [5, 5.41) is 9.23. The van der Waals surface area contributed by atoms with Gasteiger partial charge in [-0.1, -0.05) is 0 Å². The number of aromatic hydroxyl groups is 1. The van der Waals surface area contributed by atoms with Crippen molar-refractivity contribution in [3.8, 4) is 5.88 Å². The van der Waals surface area contributed by atoms with E-state index >= 15 is 0 Å². The van der Waals surface area contributed by atoms with Gasteiger partial charge in [-0.05, 0) is 6.26 Å². The van der Waals surface area contributed by atoms with E-state index < -0.39 is 0 Å². The Hall–Kier alpha value is -0.810. The fourth-order valence-corrected chi connectivity index (χ4v) is 1.40. The highest BCUT2D eigenvalue weighted by Gasteiger charge is 2.02. The Bertz CT molecular complexity index is 257. The Kier molecular flexibility index (Phi) is 3.98. The second-order valence-corrected chi connectivity index (χ2v) is 3.37. The van der Waals surface area contributed by atoms with Gasteiger partial charge in [-0.15, -0.1) is 0 Å². The van der Waals surface area contributed by atoms with E-state index in [1.165, 1.54) is 0 Å². The molecule has 5 heteroatoms. The second-order valence-electron chi connectivity index (χ2n) is 2.50. The van der Waals surface area contributed by atoms with Gasteiger partial charge in [0.2, 0.25) is 5.88 Å². The van der Waals surface area contributed by atoms with E-state index in [0.717, 1.165) is 11.4 Å². The summed E-state index contributed by atoms with van der Waals surface area (Å²) in [7, 11) is 1.57. The van der Waals surface area contributed by atoms with Gasteiger partial charge in [-0.3, -0.25) is 0 Å². The first kappa shape index (κ1) is 10.3. The summed E-state index contributed by atoms with van der Waals surface area (Å²) in [6, 6.07) is 1.57. The average Bonchev–Trinajstić information content (AvgIpc) is 2.04. The van der Waals surface area contributed by atoms with E-state index in [0.29, 0.717) is 12.4 Å². The maximum atomic E-state index is 9.23. The fraction of sp³-hybridized carbons (Fsp3) is 0.500. The monoisotopic (exact) mass is 200 g/mol. The van der Waals surface area contributed by atoms with Crippen molar-refractivity contribution >= 4 is 11.8 Å². The van der Waals surface area contributed by atoms with Gasteiger partial charge < -0.3 is 9.84 Å². The van der Waals surface area contributed by atoms with Crippen molar-refractivity contribution in [2.75, 3.05) is 13.4 Å².